The van der Waals surface area contributed by atoms with Crippen LogP contribution in [-0.4, -0.2) is 21.4 Å². The fourth-order valence-corrected chi connectivity index (χ4v) is 2.16. The van der Waals surface area contributed by atoms with E-state index in [4.69, 9.17) is 0 Å². The van der Waals surface area contributed by atoms with E-state index in [0.717, 1.165) is 12.8 Å². The van der Waals surface area contributed by atoms with Crippen LogP contribution in [0.3, 0.4) is 0 Å². The minimum Gasteiger partial charge on any atom is -0.390 e. The average molecular weight is 258 g/mol. The molecule has 0 radical (unpaired) electrons. The minimum absolute atomic E-state index is 0.608. The van der Waals surface area contributed by atoms with Gasteiger partial charge in [-0.3, -0.25) is 0 Å². The summed E-state index contributed by atoms with van der Waals surface area (Å²) in [6.45, 7) is 7.74. The Labute approximate surface area is 114 Å². The summed E-state index contributed by atoms with van der Waals surface area (Å²) in [6.07, 6.45) is 11.2. The molecule has 0 saturated heterocycles. The Bertz CT molecular complexity index is 192. The van der Waals surface area contributed by atoms with Crippen LogP contribution in [0.4, 0.5) is 0 Å². The zero-order valence-electron chi connectivity index (χ0n) is 13.0. The second-order valence-corrected chi connectivity index (χ2v) is 6.68. The number of hydrogen-bond acceptors (Lipinski definition) is 2. The van der Waals surface area contributed by atoms with Crippen molar-refractivity contribution < 1.29 is 10.2 Å². The van der Waals surface area contributed by atoms with Crippen molar-refractivity contribution in [1.82, 2.24) is 0 Å². The van der Waals surface area contributed by atoms with Crippen LogP contribution in [0, 0.1) is 0 Å². The predicted octanol–water partition coefficient (Wildman–Crippen LogP) is 4.43. The summed E-state index contributed by atoms with van der Waals surface area (Å²) in [4.78, 5) is 0. The summed E-state index contributed by atoms with van der Waals surface area (Å²) in [5.41, 5.74) is -1.27. The molecule has 0 fully saturated rings. The molecule has 2 N–H and O–H groups in total. The molecule has 0 aromatic heterocycles. The highest BCUT2D eigenvalue weighted by Crippen LogP contribution is 2.24. The van der Waals surface area contributed by atoms with Crippen molar-refractivity contribution in [3.8, 4) is 0 Å². The van der Waals surface area contributed by atoms with Crippen LogP contribution in [-0.2, 0) is 0 Å². The molecule has 0 spiro atoms. The first-order valence-corrected chi connectivity index (χ1v) is 7.71. The van der Waals surface area contributed by atoms with Crippen LogP contribution in [0.5, 0.6) is 0 Å². The Balaban J connectivity index is 3.52. The van der Waals surface area contributed by atoms with Crippen LogP contribution in [0.25, 0.3) is 0 Å². The fourth-order valence-electron chi connectivity index (χ4n) is 2.16. The van der Waals surface area contributed by atoms with E-state index < -0.39 is 11.2 Å². The number of unbranched alkanes of at least 4 members (excludes halogenated alkanes) is 6. The van der Waals surface area contributed by atoms with Gasteiger partial charge in [0.05, 0.1) is 11.2 Å². The summed E-state index contributed by atoms with van der Waals surface area (Å²) in [5, 5.41) is 19.9. The highest BCUT2D eigenvalue weighted by atomic mass is 16.3. The van der Waals surface area contributed by atoms with Crippen molar-refractivity contribution in [2.75, 3.05) is 0 Å². The van der Waals surface area contributed by atoms with Crippen LogP contribution >= 0.6 is 0 Å². The SMILES string of the molecule is CCCCCCCCCC(C)(O)CCC(C)(C)O. The lowest BCUT2D eigenvalue weighted by Crippen LogP contribution is -2.29. The normalized spacial score (nSPS) is 15.7. The molecule has 0 rings (SSSR count). The van der Waals surface area contributed by atoms with Crippen molar-refractivity contribution in [2.45, 2.75) is 103 Å². The molecule has 1 unspecified atom stereocenters. The zero-order valence-corrected chi connectivity index (χ0v) is 13.0. The van der Waals surface area contributed by atoms with Crippen LogP contribution < -0.4 is 0 Å². The summed E-state index contributed by atoms with van der Waals surface area (Å²) in [7, 11) is 0. The average Bonchev–Trinajstić information content (AvgIpc) is 2.25. The first kappa shape index (κ1) is 17.9. The molecule has 2 nitrogen and oxygen atoms in total. The van der Waals surface area contributed by atoms with Gasteiger partial charge in [0.25, 0.3) is 0 Å². The summed E-state index contributed by atoms with van der Waals surface area (Å²) < 4.78 is 0. The molecular formula is C16H34O2. The highest BCUT2D eigenvalue weighted by Gasteiger charge is 2.23. The third-order valence-corrected chi connectivity index (χ3v) is 3.59. The van der Waals surface area contributed by atoms with Gasteiger partial charge in [-0.25, -0.2) is 0 Å². The standard InChI is InChI=1S/C16H34O2/c1-5-6-7-8-9-10-11-12-16(4,18)14-13-15(2,3)17/h17-18H,5-14H2,1-4H3. The Hall–Kier alpha value is -0.0800. The van der Waals surface area contributed by atoms with Crippen molar-refractivity contribution >= 4 is 0 Å². The van der Waals surface area contributed by atoms with E-state index in [1.54, 1.807) is 13.8 Å². The Morgan fingerprint density at radius 1 is 0.667 bits per heavy atom. The first-order chi connectivity index (χ1) is 8.27. The molecule has 0 heterocycles. The molecule has 2 heteroatoms. The first-order valence-electron chi connectivity index (χ1n) is 7.71. The molecule has 0 aromatic rings. The maximum Gasteiger partial charge on any atom is 0.0620 e. The van der Waals surface area contributed by atoms with E-state index in [1.165, 1.54) is 38.5 Å². The molecular weight excluding hydrogens is 224 g/mol. The molecule has 0 amide bonds. The molecule has 0 aliphatic rings. The lowest BCUT2D eigenvalue weighted by molar-refractivity contribution is -0.000181. The van der Waals surface area contributed by atoms with Crippen LogP contribution in [0.1, 0.15) is 91.9 Å². The largest absolute Gasteiger partial charge is 0.390 e. The number of rotatable bonds is 11. The highest BCUT2D eigenvalue weighted by molar-refractivity contribution is 4.77. The topological polar surface area (TPSA) is 40.5 Å². The van der Waals surface area contributed by atoms with Gasteiger partial charge in [-0.05, 0) is 40.0 Å². The van der Waals surface area contributed by atoms with Gasteiger partial charge in [0.15, 0.2) is 0 Å². The molecule has 110 valence electrons. The van der Waals surface area contributed by atoms with Gasteiger partial charge in [0.1, 0.15) is 0 Å². The van der Waals surface area contributed by atoms with Gasteiger partial charge in [-0.1, -0.05) is 51.9 Å². The Morgan fingerprint density at radius 2 is 1.17 bits per heavy atom. The third-order valence-electron chi connectivity index (χ3n) is 3.59. The van der Waals surface area contributed by atoms with E-state index in [0.29, 0.717) is 12.8 Å². The van der Waals surface area contributed by atoms with Gasteiger partial charge in [0, 0.05) is 0 Å². The van der Waals surface area contributed by atoms with Crippen molar-refractivity contribution in [1.29, 1.82) is 0 Å². The second kappa shape index (κ2) is 8.92. The summed E-state index contributed by atoms with van der Waals surface area (Å²) in [5.74, 6) is 0. The van der Waals surface area contributed by atoms with Crippen LogP contribution in [0.15, 0.2) is 0 Å². The summed E-state index contributed by atoms with van der Waals surface area (Å²) >= 11 is 0. The molecule has 0 aliphatic heterocycles. The number of aliphatic hydroxyl groups is 2. The smallest absolute Gasteiger partial charge is 0.0620 e. The van der Waals surface area contributed by atoms with Gasteiger partial charge < -0.3 is 10.2 Å². The van der Waals surface area contributed by atoms with Crippen molar-refractivity contribution in [2.24, 2.45) is 0 Å². The lowest BCUT2D eigenvalue weighted by atomic mass is 9.88. The van der Waals surface area contributed by atoms with Gasteiger partial charge in [-0.2, -0.15) is 0 Å². The van der Waals surface area contributed by atoms with E-state index in [9.17, 15) is 10.2 Å². The molecule has 0 saturated carbocycles. The fraction of sp³-hybridized carbons (Fsp3) is 1.00. The Morgan fingerprint density at radius 3 is 1.67 bits per heavy atom. The van der Waals surface area contributed by atoms with Gasteiger partial charge in [0.2, 0.25) is 0 Å². The lowest BCUT2D eigenvalue weighted by Gasteiger charge is -2.27. The van der Waals surface area contributed by atoms with Gasteiger partial charge >= 0.3 is 0 Å². The van der Waals surface area contributed by atoms with E-state index in [1.807, 2.05) is 6.92 Å². The third kappa shape index (κ3) is 12.4. The van der Waals surface area contributed by atoms with Crippen molar-refractivity contribution in [3.63, 3.8) is 0 Å². The molecule has 0 aromatic carbocycles. The monoisotopic (exact) mass is 258 g/mol. The van der Waals surface area contributed by atoms with Gasteiger partial charge in [-0.15, -0.1) is 0 Å². The second-order valence-electron chi connectivity index (χ2n) is 6.68. The maximum atomic E-state index is 10.2. The summed E-state index contributed by atoms with van der Waals surface area (Å²) in [6, 6.07) is 0. The molecule has 18 heavy (non-hydrogen) atoms. The minimum atomic E-state index is -0.663. The van der Waals surface area contributed by atoms with Crippen LogP contribution in [0.2, 0.25) is 0 Å². The van der Waals surface area contributed by atoms with Crippen molar-refractivity contribution in [3.05, 3.63) is 0 Å². The molecule has 1 atom stereocenters. The van der Waals surface area contributed by atoms with E-state index >= 15 is 0 Å². The number of hydrogen-bond donors (Lipinski definition) is 2. The van der Waals surface area contributed by atoms with E-state index in [-0.39, 0.29) is 0 Å². The quantitative estimate of drug-likeness (QED) is 0.538. The van der Waals surface area contributed by atoms with E-state index in [2.05, 4.69) is 6.92 Å². The Kier molecular flexibility index (Phi) is 8.89. The zero-order chi connectivity index (χ0) is 14.1. The predicted molar refractivity (Wildman–Crippen MR) is 78.8 cm³/mol. The molecule has 0 bridgehead atoms. The maximum absolute atomic E-state index is 10.2. The molecule has 0 aliphatic carbocycles.